The van der Waals surface area contributed by atoms with Crippen LogP contribution in [0.25, 0.3) is 0 Å². The number of hydrogen-bond acceptors (Lipinski definition) is 3. The second kappa shape index (κ2) is 5.68. The van der Waals surface area contributed by atoms with Gasteiger partial charge in [0, 0.05) is 14.9 Å². The number of halogens is 2. The number of nitrogens with two attached hydrogens (primary N) is 1. The normalized spacial score (nSPS) is 11.9. The Labute approximate surface area is 113 Å². The molecule has 0 bridgehead atoms. The number of phenolic OH excluding ortho intramolecular Hbond substituents is 1. The molecule has 0 aliphatic heterocycles. The molecule has 2 aromatic rings. The van der Waals surface area contributed by atoms with Gasteiger partial charge in [0.05, 0.1) is 6.04 Å². The second-order valence-electron chi connectivity index (χ2n) is 3.20. The Kier molecular flexibility index (Phi) is 4.80. The lowest BCUT2D eigenvalue weighted by Gasteiger charge is -2.12. The van der Waals surface area contributed by atoms with E-state index in [4.69, 9.17) is 5.73 Å². The third-order valence-electron chi connectivity index (χ3n) is 2.17. The molecule has 1 atom stereocenters. The molecular weight excluding hydrogens is 310 g/mol. The van der Waals surface area contributed by atoms with E-state index in [1.165, 1.54) is 0 Å². The van der Waals surface area contributed by atoms with Crippen molar-refractivity contribution < 1.29 is 5.11 Å². The van der Waals surface area contributed by atoms with Gasteiger partial charge in [-0.15, -0.1) is 23.7 Å². The first-order valence-corrected chi connectivity index (χ1v) is 6.13. The summed E-state index contributed by atoms with van der Waals surface area (Å²) in [7, 11) is 0. The van der Waals surface area contributed by atoms with Gasteiger partial charge in [-0.3, -0.25) is 0 Å². The maximum atomic E-state index is 9.71. The molecule has 0 saturated carbocycles. The average molecular weight is 321 g/mol. The van der Waals surface area contributed by atoms with Gasteiger partial charge in [-0.05, 0) is 29.6 Å². The molecule has 16 heavy (non-hydrogen) atoms. The molecule has 0 saturated heterocycles. The van der Waals surface area contributed by atoms with E-state index in [-0.39, 0.29) is 24.2 Å². The maximum Gasteiger partial charge on any atom is 0.120 e. The predicted molar refractivity (Wildman–Crippen MR) is 73.4 cm³/mol. The van der Waals surface area contributed by atoms with Crippen molar-refractivity contribution in [1.82, 2.24) is 0 Å². The van der Waals surface area contributed by atoms with Gasteiger partial charge < -0.3 is 10.8 Å². The number of aromatic hydroxyl groups is 1. The molecular formula is C11H11BrClNOS. The maximum absolute atomic E-state index is 9.71. The molecule has 3 N–H and O–H groups in total. The summed E-state index contributed by atoms with van der Waals surface area (Å²) in [5.74, 6) is 0.235. The minimum atomic E-state index is -0.262. The smallest absolute Gasteiger partial charge is 0.120 e. The van der Waals surface area contributed by atoms with Crippen LogP contribution in [0, 0.1) is 0 Å². The minimum Gasteiger partial charge on any atom is -0.508 e. The first kappa shape index (κ1) is 13.5. The van der Waals surface area contributed by atoms with Gasteiger partial charge in [-0.1, -0.05) is 22.0 Å². The molecule has 0 spiro atoms. The van der Waals surface area contributed by atoms with Crippen molar-refractivity contribution in [2.45, 2.75) is 6.04 Å². The molecule has 0 amide bonds. The van der Waals surface area contributed by atoms with Crippen molar-refractivity contribution in [3.05, 3.63) is 50.6 Å². The van der Waals surface area contributed by atoms with Crippen molar-refractivity contribution in [1.29, 1.82) is 0 Å². The quantitative estimate of drug-likeness (QED) is 0.886. The zero-order valence-electron chi connectivity index (χ0n) is 8.26. The number of hydrogen-bond donors (Lipinski definition) is 2. The Morgan fingerprint density at radius 1 is 1.31 bits per heavy atom. The Morgan fingerprint density at radius 3 is 2.69 bits per heavy atom. The summed E-state index contributed by atoms with van der Waals surface area (Å²) in [6.45, 7) is 0. The first-order chi connectivity index (χ1) is 7.18. The molecule has 1 aromatic carbocycles. The average Bonchev–Trinajstić information content (AvgIpc) is 2.74. The van der Waals surface area contributed by atoms with Crippen molar-refractivity contribution in [2.75, 3.05) is 0 Å². The lowest BCUT2D eigenvalue weighted by atomic mass is 10.1. The van der Waals surface area contributed by atoms with Gasteiger partial charge in [0.1, 0.15) is 5.75 Å². The van der Waals surface area contributed by atoms with Gasteiger partial charge in [0.15, 0.2) is 0 Å². The van der Waals surface area contributed by atoms with E-state index in [9.17, 15) is 5.11 Å². The van der Waals surface area contributed by atoms with E-state index in [1.54, 1.807) is 23.5 Å². The van der Waals surface area contributed by atoms with Crippen molar-refractivity contribution in [3.63, 3.8) is 0 Å². The summed E-state index contributed by atoms with van der Waals surface area (Å²) < 4.78 is 0.919. The monoisotopic (exact) mass is 319 g/mol. The van der Waals surface area contributed by atoms with E-state index in [0.717, 1.165) is 14.9 Å². The van der Waals surface area contributed by atoms with Gasteiger partial charge in [0.2, 0.25) is 0 Å². The number of benzene rings is 1. The molecule has 0 fully saturated rings. The van der Waals surface area contributed by atoms with E-state index >= 15 is 0 Å². The Hall–Kier alpha value is -0.550. The third kappa shape index (κ3) is 2.77. The minimum absolute atomic E-state index is 0. The summed E-state index contributed by atoms with van der Waals surface area (Å²) >= 11 is 4.95. The third-order valence-corrected chi connectivity index (χ3v) is 3.62. The highest BCUT2D eigenvalue weighted by Crippen LogP contribution is 2.31. The second-order valence-corrected chi connectivity index (χ2v) is 5.09. The van der Waals surface area contributed by atoms with Gasteiger partial charge >= 0.3 is 0 Å². The molecule has 2 rings (SSSR count). The largest absolute Gasteiger partial charge is 0.508 e. The van der Waals surface area contributed by atoms with Crippen LogP contribution in [-0.4, -0.2) is 5.11 Å². The summed E-state index contributed by atoms with van der Waals surface area (Å²) in [6.07, 6.45) is 0. The zero-order valence-corrected chi connectivity index (χ0v) is 11.5. The van der Waals surface area contributed by atoms with Crippen molar-refractivity contribution >= 4 is 39.7 Å². The van der Waals surface area contributed by atoms with Crippen LogP contribution in [0.15, 0.2) is 40.2 Å². The van der Waals surface area contributed by atoms with E-state index in [0.29, 0.717) is 0 Å². The highest BCUT2D eigenvalue weighted by molar-refractivity contribution is 9.10. The summed E-state index contributed by atoms with van der Waals surface area (Å²) in [5, 5.41) is 11.7. The molecule has 2 nitrogen and oxygen atoms in total. The van der Waals surface area contributed by atoms with Crippen molar-refractivity contribution in [3.8, 4) is 5.75 Å². The fourth-order valence-electron chi connectivity index (χ4n) is 1.40. The lowest BCUT2D eigenvalue weighted by molar-refractivity contribution is 0.465. The molecule has 0 unspecified atom stereocenters. The zero-order chi connectivity index (χ0) is 10.8. The molecule has 1 heterocycles. The molecule has 0 radical (unpaired) electrons. The van der Waals surface area contributed by atoms with Crippen LogP contribution in [-0.2, 0) is 0 Å². The molecule has 1 aromatic heterocycles. The Bertz CT molecular complexity index is 461. The first-order valence-electron chi connectivity index (χ1n) is 4.46. The Balaban J connectivity index is 0.00000128. The van der Waals surface area contributed by atoms with Crippen LogP contribution in [0.2, 0.25) is 0 Å². The van der Waals surface area contributed by atoms with Crippen LogP contribution in [0.1, 0.15) is 16.5 Å². The van der Waals surface area contributed by atoms with Crippen LogP contribution in [0.4, 0.5) is 0 Å². The number of rotatable bonds is 2. The SMILES string of the molecule is Cl.N[C@@H](c1cccs1)c1cc(Br)ccc1O. The molecule has 5 heteroatoms. The standard InChI is InChI=1S/C11H10BrNOS.ClH/c12-7-3-4-9(14)8(6-7)11(13)10-2-1-5-15-10;/h1-6,11,14H,13H2;1H/t11-;/m1./s1. The van der Waals surface area contributed by atoms with Gasteiger partial charge in [-0.2, -0.15) is 0 Å². The highest BCUT2D eigenvalue weighted by Gasteiger charge is 2.14. The highest BCUT2D eigenvalue weighted by atomic mass is 79.9. The molecule has 0 aliphatic rings. The van der Waals surface area contributed by atoms with Crippen LogP contribution in [0.5, 0.6) is 5.75 Å². The summed E-state index contributed by atoms with van der Waals surface area (Å²) in [4.78, 5) is 1.04. The molecule has 86 valence electrons. The van der Waals surface area contributed by atoms with E-state index in [1.807, 2.05) is 23.6 Å². The topological polar surface area (TPSA) is 46.2 Å². The van der Waals surface area contributed by atoms with Gasteiger partial charge in [-0.25, -0.2) is 0 Å². The van der Waals surface area contributed by atoms with Crippen LogP contribution in [0.3, 0.4) is 0 Å². The number of phenols is 1. The van der Waals surface area contributed by atoms with Crippen molar-refractivity contribution in [2.24, 2.45) is 5.73 Å². The predicted octanol–water partition coefficient (Wildman–Crippen LogP) is 3.69. The summed E-state index contributed by atoms with van der Waals surface area (Å²) in [6, 6.07) is 8.94. The fraction of sp³-hybridized carbons (Fsp3) is 0.0909. The van der Waals surface area contributed by atoms with E-state index < -0.39 is 0 Å². The number of thiophene rings is 1. The van der Waals surface area contributed by atoms with Crippen LogP contribution >= 0.6 is 39.7 Å². The molecule has 0 aliphatic carbocycles. The van der Waals surface area contributed by atoms with Gasteiger partial charge in [0.25, 0.3) is 0 Å². The van der Waals surface area contributed by atoms with Crippen LogP contribution < -0.4 is 5.73 Å². The fourth-order valence-corrected chi connectivity index (χ4v) is 2.52. The Morgan fingerprint density at radius 2 is 2.06 bits per heavy atom. The van der Waals surface area contributed by atoms with E-state index in [2.05, 4.69) is 15.9 Å². The lowest BCUT2D eigenvalue weighted by Crippen LogP contribution is -2.10. The summed E-state index contributed by atoms with van der Waals surface area (Å²) in [5.41, 5.74) is 6.80.